The van der Waals surface area contributed by atoms with E-state index in [1.54, 1.807) is 50.0 Å². The number of amides is 2. The first kappa shape index (κ1) is 31.2. The van der Waals surface area contributed by atoms with Gasteiger partial charge in [0.15, 0.2) is 0 Å². The highest BCUT2D eigenvalue weighted by atomic mass is 19.4. The number of halogens is 3. The van der Waals surface area contributed by atoms with Gasteiger partial charge in [-0.1, -0.05) is 0 Å². The van der Waals surface area contributed by atoms with Gasteiger partial charge in [0.25, 0.3) is 11.7 Å². The van der Waals surface area contributed by atoms with Gasteiger partial charge in [-0.2, -0.15) is 24.0 Å². The number of aliphatic imine (C=N–C) groups is 2. The fraction of sp³-hybridized carbons (Fsp3) is 0.367. The van der Waals surface area contributed by atoms with Gasteiger partial charge in [0.2, 0.25) is 11.6 Å². The van der Waals surface area contributed by atoms with Gasteiger partial charge in [-0.15, -0.1) is 4.59 Å². The lowest BCUT2D eigenvalue weighted by Gasteiger charge is -2.33. The number of nitrogens with two attached hydrogens (primary N) is 1. The first-order chi connectivity index (χ1) is 21.1. The minimum absolute atomic E-state index is 0.0137. The van der Waals surface area contributed by atoms with Gasteiger partial charge >= 0.3 is 6.18 Å². The van der Waals surface area contributed by atoms with Gasteiger partial charge in [0, 0.05) is 37.9 Å². The summed E-state index contributed by atoms with van der Waals surface area (Å²) in [6, 6.07) is 8.06. The smallest absolute Gasteiger partial charge is 0.382 e. The van der Waals surface area contributed by atoms with Crippen molar-refractivity contribution in [3.05, 3.63) is 83.1 Å². The lowest BCUT2D eigenvalue weighted by molar-refractivity contribution is -0.750. The van der Waals surface area contributed by atoms with Crippen LogP contribution in [0.5, 0.6) is 0 Å². The number of fused-ring (bicyclic) bond motifs is 1. The molecular weight excluding hydrogens is 579 g/mol. The molecule has 2 unspecified atom stereocenters. The third kappa shape index (κ3) is 6.78. The molecule has 2 amide bonds. The van der Waals surface area contributed by atoms with Crippen LogP contribution in [-0.2, 0) is 20.4 Å². The number of nitrogens with zero attached hydrogens (tertiary/aromatic N) is 5. The van der Waals surface area contributed by atoms with Crippen LogP contribution in [-0.4, -0.2) is 78.4 Å². The SMILES string of the molecule is COCCOCCC(=O)N1CCCC(C2=C3C=NC=C[N+]3(N)C(c3ccc(C(=O)Nc4cc(C(F)(F)F)ccn4)cc3)=N2)C1. The number of amidine groups is 1. The molecule has 3 N–H and O–H groups in total. The number of aromatic nitrogens is 1. The van der Waals surface area contributed by atoms with Crippen LogP contribution in [0.2, 0.25) is 0 Å². The highest BCUT2D eigenvalue weighted by molar-refractivity contribution is 6.05. The number of carbonyl (C=O) groups is 2. The van der Waals surface area contributed by atoms with E-state index in [1.165, 1.54) is 0 Å². The Morgan fingerprint density at radius 1 is 1.16 bits per heavy atom. The van der Waals surface area contributed by atoms with E-state index < -0.39 is 17.6 Å². The minimum atomic E-state index is -4.56. The molecule has 3 aliphatic heterocycles. The second-order valence-electron chi connectivity index (χ2n) is 10.6. The molecule has 14 heteroatoms. The molecular formula is C30H33F3N7O4+. The molecule has 11 nitrogen and oxygen atoms in total. The van der Waals surface area contributed by atoms with Crippen molar-refractivity contribution in [3.63, 3.8) is 0 Å². The molecule has 0 bridgehead atoms. The van der Waals surface area contributed by atoms with E-state index in [1.807, 2.05) is 4.90 Å². The highest BCUT2D eigenvalue weighted by Crippen LogP contribution is 2.37. The van der Waals surface area contributed by atoms with Crippen LogP contribution in [0.1, 0.15) is 40.7 Å². The summed E-state index contributed by atoms with van der Waals surface area (Å²) < 4.78 is 49.3. The van der Waals surface area contributed by atoms with Crippen molar-refractivity contribution in [3.8, 4) is 0 Å². The number of methoxy groups -OCH3 is 1. The summed E-state index contributed by atoms with van der Waals surface area (Å²) in [6.07, 6.45) is 3.33. The summed E-state index contributed by atoms with van der Waals surface area (Å²) in [6.45, 7) is 2.38. The third-order valence-corrected chi connectivity index (χ3v) is 7.61. The van der Waals surface area contributed by atoms with Crippen LogP contribution in [0.3, 0.4) is 0 Å². The summed E-state index contributed by atoms with van der Waals surface area (Å²) >= 11 is 0. The Labute approximate surface area is 252 Å². The molecule has 44 heavy (non-hydrogen) atoms. The first-order valence-corrected chi connectivity index (χ1v) is 14.1. The predicted molar refractivity (Wildman–Crippen MR) is 156 cm³/mol. The number of hydrogen-bond acceptors (Lipinski definition) is 8. The van der Waals surface area contributed by atoms with E-state index in [4.69, 9.17) is 20.3 Å². The zero-order valence-corrected chi connectivity index (χ0v) is 24.1. The summed E-state index contributed by atoms with van der Waals surface area (Å²) in [4.78, 5) is 40.6. The maximum Gasteiger partial charge on any atom is 0.416 e. The number of piperidine rings is 1. The van der Waals surface area contributed by atoms with E-state index >= 15 is 0 Å². The van der Waals surface area contributed by atoms with Crippen molar-refractivity contribution in [2.75, 3.05) is 45.3 Å². The fourth-order valence-corrected chi connectivity index (χ4v) is 5.33. The Kier molecular flexibility index (Phi) is 9.34. The van der Waals surface area contributed by atoms with E-state index in [0.717, 1.165) is 36.9 Å². The Hall–Kier alpha value is -4.24. The van der Waals surface area contributed by atoms with Gasteiger partial charge < -0.3 is 19.7 Å². The van der Waals surface area contributed by atoms with Gasteiger partial charge in [-0.3, -0.25) is 14.6 Å². The molecule has 0 spiro atoms. The number of ether oxygens (including phenoxy) is 2. The zero-order valence-electron chi connectivity index (χ0n) is 24.1. The monoisotopic (exact) mass is 612 g/mol. The van der Waals surface area contributed by atoms with Crippen LogP contribution < -0.4 is 11.2 Å². The number of benzene rings is 1. The number of anilines is 1. The lowest BCUT2D eigenvalue weighted by Crippen LogP contribution is -2.53. The number of rotatable bonds is 10. The van der Waals surface area contributed by atoms with Crippen molar-refractivity contribution in [2.45, 2.75) is 25.4 Å². The molecule has 0 saturated carbocycles. The summed E-state index contributed by atoms with van der Waals surface area (Å²) in [7, 11) is 1.59. The molecule has 3 aliphatic rings. The molecule has 5 rings (SSSR count). The number of quaternary nitrogens is 1. The Morgan fingerprint density at radius 2 is 1.95 bits per heavy atom. The maximum absolute atomic E-state index is 13.0. The van der Waals surface area contributed by atoms with Crippen molar-refractivity contribution in [1.29, 1.82) is 0 Å². The molecule has 2 atom stereocenters. The quantitative estimate of drug-likeness (QED) is 0.238. The average Bonchev–Trinajstić information content (AvgIpc) is 3.33. The molecule has 232 valence electrons. The Bertz CT molecular complexity index is 1520. The Morgan fingerprint density at radius 3 is 2.70 bits per heavy atom. The molecule has 1 aromatic carbocycles. The van der Waals surface area contributed by atoms with E-state index in [-0.39, 0.29) is 34.2 Å². The number of allylic oxidation sites excluding steroid dienone is 1. The van der Waals surface area contributed by atoms with Crippen molar-refractivity contribution < 1.29 is 36.8 Å². The van der Waals surface area contributed by atoms with Crippen molar-refractivity contribution in [2.24, 2.45) is 21.7 Å². The van der Waals surface area contributed by atoms with Gasteiger partial charge in [0.1, 0.15) is 17.7 Å². The van der Waals surface area contributed by atoms with Crippen LogP contribution >= 0.6 is 0 Å². The molecule has 1 aromatic heterocycles. The summed E-state index contributed by atoms with van der Waals surface area (Å²) in [5.41, 5.74) is 1.39. The second kappa shape index (κ2) is 13.2. The molecule has 1 fully saturated rings. The topological polar surface area (TPSA) is 132 Å². The second-order valence-corrected chi connectivity index (χ2v) is 10.6. The zero-order chi connectivity index (χ0) is 31.3. The highest BCUT2D eigenvalue weighted by Gasteiger charge is 2.46. The maximum atomic E-state index is 13.0. The van der Waals surface area contributed by atoms with Gasteiger partial charge in [0.05, 0.1) is 49.8 Å². The largest absolute Gasteiger partial charge is 0.416 e. The standard InChI is InChI=1S/C30H32F3N7O4/c1-43-15-16-44-14-9-26(41)39-12-2-3-22(19-39)27-24-18-35-11-13-40(24,34)28(38-27)20-4-6-21(7-5-20)29(42)37-25-17-23(8-10-36-25)30(31,32)33/h4-8,10-11,13,17-18,22H,2-3,9,12,14-16,19,34H2,1H3/p+1. The van der Waals surface area contributed by atoms with E-state index in [2.05, 4.69) is 15.3 Å². The number of carbonyl (C=O) groups excluding carboxylic acids is 2. The number of likely N-dealkylation sites (tertiary alicyclic amines) is 1. The first-order valence-electron chi connectivity index (χ1n) is 14.1. The number of pyridine rings is 1. The molecule has 1 saturated heterocycles. The number of alkyl halides is 3. The van der Waals surface area contributed by atoms with Gasteiger partial charge in [-0.25, -0.2) is 4.98 Å². The number of nitrogens with one attached hydrogen (secondary N) is 1. The predicted octanol–water partition coefficient (Wildman–Crippen LogP) is 3.86. The molecule has 0 aliphatic carbocycles. The van der Waals surface area contributed by atoms with Crippen molar-refractivity contribution in [1.82, 2.24) is 9.88 Å². The summed E-state index contributed by atoms with van der Waals surface area (Å²) in [5.74, 6) is 6.51. The third-order valence-electron chi connectivity index (χ3n) is 7.61. The van der Waals surface area contributed by atoms with Crippen LogP contribution in [0.4, 0.5) is 19.0 Å². The number of hydrogen-bond donors (Lipinski definition) is 2. The van der Waals surface area contributed by atoms with Crippen LogP contribution in [0, 0.1) is 5.92 Å². The van der Waals surface area contributed by atoms with E-state index in [9.17, 15) is 22.8 Å². The Balaban J connectivity index is 1.31. The summed E-state index contributed by atoms with van der Waals surface area (Å²) in [5, 5.41) is 2.41. The molecule has 0 radical (unpaired) electrons. The average molecular weight is 613 g/mol. The lowest BCUT2D eigenvalue weighted by atomic mass is 9.93. The fourth-order valence-electron chi connectivity index (χ4n) is 5.33. The van der Waals surface area contributed by atoms with Gasteiger partial charge in [-0.05, 0) is 49.2 Å². The molecule has 2 aromatic rings. The normalized spacial score (nSPS) is 21.3. The van der Waals surface area contributed by atoms with E-state index in [0.29, 0.717) is 50.0 Å². The van der Waals surface area contributed by atoms with Crippen molar-refractivity contribution >= 4 is 29.7 Å². The van der Waals surface area contributed by atoms with Crippen LogP contribution in [0.15, 0.2) is 76.4 Å². The molecule has 4 heterocycles. The van der Waals surface area contributed by atoms with Crippen LogP contribution in [0.25, 0.3) is 0 Å². The minimum Gasteiger partial charge on any atom is -0.382 e.